The molecule has 0 aliphatic rings. The third kappa shape index (κ3) is 3.17. The fraction of sp³-hybridized carbons (Fsp3) is 0.143. The monoisotopic (exact) mass is 244 g/mol. The van der Waals surface area contributed by atoms with Gasteiger partial charge in [-0.15, -0.1) is 11.8 Å². The van der Waals surface area contributed by atoms with Crippen LogP contribution in [0, 0.1) is 0 Å². The molecule has 0 atom stereocenters. The molecule has 0 amide bonds. The Hall–Kier alpha value is -1.61. The summed E-state index contributed by atoms with van der Waals surface area (Å²) in [5.41, 5.74) is 8.96. The van der Waals surface area contributed by atoms with Gasteiger partial charge in [0.15, 0.2) is 0 Å². The second-order valence-corrected chi connectivity index (χ2v) is 4.66. The Morgan fingerprint density at radius 3 is 2.41 bits per heavy atom. The van der Waals surface area contributed by atoms with Gasteiger partial charge in [0.1, 0.15) is 0 Å². The molecule has 2 rings (SSSR count). The predicted octanol–water partition coefficient (Wildman–Crippen LogP) is 3.60. The van der Waals surface area contributed by atoms with Gasteiger partial charge in [0.05, 0.1) is 0 Å². The summed E-state index contributed by atoms with van der Waals surface area (Å²) < 4.78 is 0. The Labute approximate surface area is 106 Å². The van der Waals surface area contributed by atoms with Crippen LogP contribution in [0.3, 0.4) is 0 Å². The zero-order valence-corrected chi connectivity index (χ0v) is 10.6. The fourth-order valence-corrected chi connectivity index (χ4v) is 2.01. The van der Waals surface area contributed by atoms with Crippen molar-refractivity contribution in [3.8, 4) is 0 Å². The van der Waals surface area contributed by atoms with E-state index in [1.807, 2.05) is 24.3 Å². The highest BCUT2D eigenvalue weighted by molar-refractivity contribution is 7.98. The van der Waals surface area contributed by atoms with Gasteiger partial charge in [-0.1, -0.05) is 18.2 Å². The SMILES string of the molecule is CSc1ccc(NCc2ccccc2N)cc1. The molecule has 0 aromatic heterocycles. The highest BCUT2D eigenvalue weighted by atomic mass is 32.2. The van der Waals surface area contributed by atoms with Crippen LogP contribution in [-0.4, -0.2) is 6.26 Å². The number of nitrogens with two attached hydrogens (primary N) is 1. The maximum Gasteiger partial charge on any atom is 0.0421 e. The lowest BCUT2D eigenvalue weighted by molar-refractivity contribution is 1.15. The summed E-state index contributed by atoms with van der Waals surface area (Å²) in [5.74, 6) is 0. The maximum atomic E-state index is 5.89. The largest absolute Gasteiger partial charge is 0.398 e. The lowest BCUT2D eigenvalue weighted by Crippen LogP contribution is -2.02. The molecule has 17 heavy (non-hydrogen) atoms. The standard InChI is InChI=1S/C14H16N2S/c1-17-13-8-6-12(7-9-13)16-10-11-4-2-3-5-14(11)15/h2-9,16H,10,15H2,1H3. The molecule has 0 saturated carbocycles. The molecule has 0 spiro atoms. The number of rotatable bonds is 4. The number of hydrogen-bond donors (Lipinski definition) is 2. The first-order valence-corrected chi connectivity index (χ1v) is 6.73. The van der Waals surface area contributed by atoms with Gasteiger partial charge < -0.3 is 11.1 Å². The van der Waals surface area contributed by atoms with Crippen molar-refractivity contribution in [1.82, 2.24) is 0 Å². The van der Waals surface area contributed by atoms with Crippen molar-refractivity contribution in [2.45, 2.75) is 11.4 Å². The van der Waals surface area contributed by atoms with Crippen molar-refractivity contribution < 1.29 is 0 Å². The van der Waals surface area contributed by atoms with E-state index in [2.05, 4.69) is 35.8 Å². The molecule has 2 aromatic carbocycles. The number of hydrogen-bond acceptors (Lipinski definition) is 3. The lowest BCUT2D eigenvalue weighted by Gasteiger charge is -2.09. The Morgan fingerprint density at radius 2 is 1.76 bits per heavy atom. The van der Waals surface area contributed by atoms with E-state index in [1.165, 1.54) is 4.90 Å². The van der Waals surface area contributed by atoms with Gasteiger partial charge in [-0.05, 0) is 42.2 Å². The Balaban J connectivity index is 2.00. The molecule has 2 aromatic rings. The van der Waals surface area contributed by atoms with Gasteiger partial charge >= 0.3 is 0 Å². The van der Waals surface area contributed by atoms with Crippen LogP contribution in [0.5, 0.6) is 0 Å². The molecule has 0 fully saturated rings. The molecule has 0 saturated heterocycles. The van der Waals surface area contributed by atoms with Crippen LogP contribution in [0.4, 0.5) is 11.4 Å². The number of benzene rings is 2. The number of nitrogen functional groups attached to an aromatic ring is 1. The molecule has 0 heterocycles. The van der Waals surface area contributed by atoms with Crippen molar-refractivity contribution in [1.29, 1.82) is 0 Å². The highest BCUT2D eigenvalue weighted by Crippen LogP contribution is 2.18. The van der Waals surface area contributed by atoms with Crippen molar-refractivity contribution in [3.05, 3.63) is 54.1 Å². The van der Waals surface area contributed by atoms with Gasteiger partial charge in [0, 0.05) is 22.8 Å². The third-order valence-corrected chi connectivity index (χ3v) is 3.37. The summed E-state index contributed by atoms with van der Waals surface area (Å²) in [6, 6.07) is 16.3. The normalized spacial score (nSPS) is 10.2. The van der Waals surface area contributed by atoms with E-state index in [1.54, 1.807) is 11.8 Å². The zero-order valence-electron chi connectivity index (χ0n) is 9.81. The molecular weight excluding hydrogens is 228 g/mol. The van der Waals surface area contributed by atoms with Gasteiger partial charge in [0.2, 0.25) is 0 Å². The number of thioether (sulfide) groups is 1. The van der Waals surface area contributed by atoms with Gasteiger partial charge in [-0.25, -0.2) is 0 Å². The van der Waals surface area contributed by atoms with E-state index in [4.69, 9.17) is 5.73 Å². The van der Waals surface area contributed by atoms with Crippen LogP contribution in [0.15, 0.2) is 53.4 Å². The van der Waals surface area contributed by atoms with Gasteiger partial charge in [0.25, 0.3) is 0 Å². The molecule has 2 nitrogen and oxygen atoms in total. The second-order valence-electron chi connectivity index (χ2n) is 3.78. The Bertz CT molecular complexity index is 480. The first-order chi connectivity index (χ1) is 8.29. The van der Waals surface area contributed by atoms with Crippen LogP contribution in [0.25, 0.3) is 0 Å². The topological polar surface area (TPSA) is 38.0 Å². The van der Waals surface area contributed by atoms with E-state index in [0.717, 1.165) is 23.5 Å². The molecule has 0 bridgehead atoms. The molecule has 88 valence electrons. The smallest absolute Gasteiger partial charge is 0.0421 e. The first-order valence-electron chi connectivity index (χ1n) is 5.51. The number of para-hydroxylation sites is 1. The minimum atomic E-state index is 0.755. The van der Waals surface area contributed by atoms with Crippen LogP contribution in [-0.2, 0) is 6.54 Å². The second kappa shape index (κ2) is 5.64. The van der Waals surface area contributed by atoms with Crippen molar-refractivity contribution >= 4 is 23.1 Å². The van der Waals surface area contributed by atoms with Crippen molar-refractivity contribution in [2.75, 3.05) is 17.3 Å². The van der Waals surface area contributed by atoms with E-state index < -0.39 is 0 Å². The molecule has 0 unspecified atom stereocenters. The summed E-state index contributed by atoms with van der Waals surface area (Å²) in [6.07, 6.45) is 2.08. The van der Waals surface area contributed by atoms with Crippen LogP contribution >= 0.6 is 11.8 Å². The van der Waals surface area contributed by atoms with Gasteiger partial charge in [-0.3, -0.25) is 0 Å². The van der Waals surface area contributed by atoms with E-state index in [-0.39, 0.29) is 0 Å². The summed E-state index contributed by atoms with van der Waals surface area (Å²) >= 11 is 1.75. The quantitative estimate of drug-likeness (QED) is 0.637. The zero-order chi connectivity index (χ0) is 12.1. The summed E-state index contributed by atoms with van der Waals surface area (Å²) in [6.45, 7) is 0.755. The molecule has 3 heteroatoms. The minimum Gasteiger partial charge on any atom is -0.398 e. The Morgan fingerprint density at radius 1 is 1.06 bits per heavy atom. The fourth-order valence-electron chi connectivity index (χ4n) is 1.60. The molecule has 0 radical (unpaired) electrons. The summed E-state index contributed by atoms with van der Waals surface area (Å²) in [7, 11) is 0. The molecule has 0 aliphatic heterocycles. The van der Waals surface area contributed by atoms with E-state index >= 15 is 0 Å². The molecular formula is C14H16N2S. The van der Waals surface area contributed by atoms with E-state index in [0.29, 0.717) is 0 Å². The minimum absolute atomic E-state index is 0.755. The third-order valence-electron chi connectivity index (χ3n) is 2.63. The maximum absolute atomic E-state index is 5.89. The first kappa shape index (κ1) is 11.9. The average Bonchev–Trinajstić information content (AvgIpc) is 2.38. The van der Waals surface area contributed by atoms with E-state index in [9.17, 15) is 0 Å². The van der Waals surface area contributed by atoms with Crippen LogP contribution in [0.2, 0.25) is 0 Å². The van der Waals surface area contributed by atoms with Crippen LogP contribution < -0.4 is 11.1 Å². The van der Waals surface area contributed by atoms with Gasteiger partial charge in [-0.2, -0.15) is 0 Å². The number of nitrogens with one attached hydrogen (secondary N) is 1. The molecule has 3 N–H and O–H groups in total. The van der Waals surface area contributed by atoms with Crippen molar-refractivity contribution in [3.63, 3.8) is 0 Å². The number of anilines is 2. The lowest BCUT2D eigenvalue weighted by atomic mass is 10.2. The summed E-state index contributed by atoms with van der Waals surface area (Å²) in [4.78, 5) is 1.27. The van der Waals surface area contributed by atoms with Crippen molar-refractivity contribution in [2.24, 2.45) is 0 Å². The predicted molar refractivity (Wildman–Crippen MR) is 76.4 cm³/mol. The summed E-state index contributed by atoms with van der Waals surface area (Å²) in [5, 5.41) is 3.36. The van der Waals surface area contributed by atoms with Crippen LogP contribution in [0.1, 0.15) is 5.56 Å². The Kier molecular flexibility index (Phi) is 3.94. The molecule has 0 aliphatic carbocycles. The highest BCUT2D eigenvalue weighted by Gasteiger charge is 1.98. The average molecular weight is 244 g/mol.